The number of hydrogen-bond acceptors (Lipinski definition) is 5. The molecule has 0 bridgehead atoms. The maximum absolute atomic E-state index is 11.8. The first-order valence-corrected chi connectivity index (χ1v) is 6.97. The minimum atomic E-state index is -4.29. The molecule has 1 aliphatic rings. The van der Waals surface area contributed by atoms with Gasteiger partial charge < -0.3 is 5.32 Å². The number of anilines is 1. The molecular weight excluding hydrogens is 286 g/mol. The molecule has 1 aliphatic heterocycles. The third-order valence-corrected chi connectivity index (χ3v) is 3.51. The summed E-state index contributed by atoms with van der Waals surface area (Å²) in [5, 5.41) is 7.26. The van der Waals surface area contributed by atoms with Gasteiger partial charge in [0, 0.05) is 7.05 Å². The molecule has 1 aromatic carbocycles. The Bertz CT molecular complexity index is 693. The second-order valence-electron chi connectivity index (χ2n) is 3.98. The number of rotatable bonds is 3. The number of nitrogens with one attached hydrogen (secondary N) is 1. The minimum Gasteiger partial charge on any atom is -0.354 e. The molecule has 8 nitrogen and oxygen atoms in total. The molecule has 0 radical (unpaired) electrons. The lowest BCUT2D eigenvalue weighted by atomic mass is 10.2. The summed E-state index contributed by atoms with van der Waals surface area (Å²) in [6.07, 6.45) is -0.125. The smallest absolute Gasteiger partial charge is 0.294 e. The van der Waals surface area contributed by atoms with Gasteiger partial charge in [0.1, 0.15) is 5.71 Å². The van der Waals surface area contributed by atoms with Gasteiger partial charge in [0.15, 0.2) is 0 Å². The number of carbonyl (C=O) groups is 2. The molecular formula is C11H11N3O5S. The number of carbonyl (C=O) groups excluding carboxylic acids is 2. The Balaban J connectivity index is 2.31. The van der Waals surface area contributed by atoms with E-state index in [1.807, 2.05) is 0 Å². The van der Waals surface area contributed by atoms with Crippen molar-refractivity contribution >= 4 is 33.3 Å². The van der Waals surface area contributed by atoms with Crippen LogP contribution in [0.3, 0.4) is 0 Å². The molecule has 0 spiro atoms. The second-order valence-corrected chi connectivity index (χ2v) is 5.40. The molecule has 0 saturated carbocycles. The number of benzene rings is 1. The summed E-state index contributed by atoms with van der Waals surface area (Å²) in [5.74, 6) is -0.849. The molecule has 1 aromatic rings. The number of amides is 2. The van der Waals surface area contributed by atoms with Crippen LogP contribution < -0.4 is 10.3 Å². The average Bonchev–Trinajstić information content (AvgIpc) is 2.79. The van der Waals surface area contributed by atoms with Crippen LogP contribution in [0, 0.1) is 0 Å². The van der Waals surface area contributed by atoms with E-state index in [0.29, 0.717) is 5.69 Å². The van der Waals surface area contributed by atoms with Gasteiger partial charge in [-0.05, 0) is 24.3 Å². The lowest BCUT2D eigenvalue weighted by molar-refractivity contribution is -0.118. The van der Waals surface area contributed by atoms with Crippen molar-refractivity contribution in [2.45, 2.75) is 11.3 Å². The molecule has 0 atom stereocenters. The van der Waals surface area contributed by atoms with Crippen molar-refractivity contribution in [3.63, 3.8) is 0 Å². The average molecular weight is 297 g/mol. The first-order chi connectivity index (χ1) is 9.32. The Labute approximate surface area is 114 Å². The summed E-state index contributed by atoms with van der Waals surface area (Å²) < 4.78 is 30.7. The molecule has 0 fully saturated rings. The van der Waals surface area contributed by atoms with E-state index in [4.69, 9.17) is 4.55 Å². The van der Waals surface area contributed by atoms with E-state index in [9.17, 15) is 18.0 Å². The molecule has 106 valence electrons. The molecule has 0 unspecified atom stereocenters. The highest BCUT2D eigenvalue weighted by molar-refractivity contribution is 7.85. The van der Waals surface area contributed by atoms with Crippen LogP contribution in [0.2, 0.25) is 0 Å². The third-order valence-electron chi connectivity index (χ3n) is 2.64. The lowest BCUT2D eigenvalue weighted by Gasteiger charge is -2.11. The molecule has 0 aliphatic carbocycles. The second kappa shape index (κ2) is 5.02. The van der Waals surface area contributed by atoms with Gasteiger partial charge in [-0.25, -0.2) is 0 Å². The highest BCUT2D eigenvalue weighted by atomic mass is 32.2. The van der Waals surface area contributed by atoms with Crippen LogP contribution >= 0.6 is 0 Å². The van der Waals surface area contributed by atoms with Crippen LogP contribution in [0.1, 0.15) is 6.42 Å². The molecule has 2 amide bonds. The Morgan fingerprint density at radius 2 is 1.95 bits per heavy atom. The molecule has 0 saturated heterocycles. The van der Waals surface area contributed by atoms with Crippen molar-refractivity contribution in [2.24, 2.45) is 5.10 Å². The first-order valence-electron chi connectivity index (χ1n) is 5.53. The summed E-state index contributed by atoms with van der Waals surface area (Å²) in [6, 6.07) is 4.92. The Kier molecular flexibility index (Phi) is 3.55. The van der Waals surface area contributed by atoms with Crippen molar-refractivity contribution in [3.05, 3.63) is 24.3 Å². The van der Waals surface area contributed by atoms with E-state index in [1.54, 1.807) is 0 Å². The zero-order chi connectivity index (χ0) is 14.9. The van der Waals surface area contributed by atoms with Crippen molar-refractivity contribution in [2.75, 3.05) is 12.1 Å². The Morgan fingerprint density at radius 3 is 2.45 bits per heavy atom. The van der Waals surface area contributed by atoms with Gasteiger partial charge in [0.25, 0.3) is 21.9 Å². The van der Waals surface area contributed by atoms with Gasteiger partial charge in [0.05, 0.1) is 17.0 Å². The summed E-state index contributed by atoms with van der Waals surface area (Å²) in [4.78, 5) is 22.9. The molecule has 2 rings (SSSR count). The van der Waals surface area contributed by atoms with Crippen molar-refractivity contribution in [3.8, 4) is 0 Å². The lowest BCUT2D eigenvalue weighted by Crippen LogP contribution is -2.26. The summed E-state index contributed by atoms with van der Waals surface area (Å²) in [7, 11) is -2.86. The van der Waals surface area contributed by atoms with Gasteiger partial charge in [-0.2, -0.15) is 18.5 Å². The van der Waals surface area contributed by atoms with Gasteiger partial charge >= 0.3 is 0 Å². The minimum absolute atomic E-state index is 0.0800. The van der Waals surface area contributed by atoms with Crippen LogP contribution in [0.5, 0.6) is 0 Å². The van der Waals surface area contributed by atoms with Crippen molar-refractivity contribution in [1.82, 2.24) is 5.32 Å². The zero-order valence-electron chi connectivity index (χ0n) is 10.4. The maximum atomic E-state index is 11.8. The molecule has 0 aromatic heterocycles. The normalized spacial score (nSPS) is 15.2. The van der Waals surface area contributed by atoms with E-state index >= 15 is 0 Å². The predicted molar refractivity (Wildman–Crippen MR) is 69.9 cm³/mol. The van der Waals surface area contributed by atoms with E-state index in [0.717, 1.165) is 17.1 Å². The van der Waals surface area contributed by atoms with Crippen LogP contribution in [-0.2, 0) is 19.7 Å². The quantitative estimate of drug-likeness (QED) is 0.748. The Morgan fingerprint density at radius 1 is 1.35 bits per heavy atom. The maximum Gasteiger partial charge on any atom is 0.294 e. The summed E-state index contributed by atoms with van der Waals surface area (Å²) >= 11 is 0. The van der Waals surface area contributed by atoms with Gasteiger partial charge in [-0.1, -0.05) is 0 Å². The number of hydrogen-bond donors (Lipinski definition) is 2. The SMILES string of the molecule is CNC(=O)C1=NN(c2ccc(S(=O)(=O)O)cc2)C(=O)C1. The van der Waals surface area contributed by atoms with E-state index < -0.39 is 21.9 Å². The van der Waals surface area contributed by atoms with Crippen LogP contribution in [0.4, 0.5) is 5.69 Å². The third kappa shape index (κ3) is 2.68. The molecule has 9 heteroatoms. The monoisotopic (exact) mass is 297 g/mol. The van der Waals surface area contributed by atoms with Crippen LogP contribution in [0.25, 0.3) is 0 Å². The van der Waals surface area contributed by atoms with E-state index in [1.165, 1.54) is 19.2 Å². The van der Waals surface area contributed by atoms with Crippen molar-refractivity contribution < 1.29 is 22.6 Å². The summed E-state index contributed by atoms with van der Waals surface area (Å²) in [6.45, 7) is 0. The molecule has 20 heavy (non-hydrogen) atoms. The van der Waals surface area contributed by atoms with E-state index in [2.05, 4.69) is 10.4 Å². The fourth-order valence-corrected chi connectivity index (χ4v) is 2.14. The largest absolute Gasteiger partial charge is 0.354 e. The first kappa shape index (κ1) is 14.2. The fraction of sp³-hybridized carbons (Fsp3) is 0.182. The van der Waals surface area contributed by atoms with Gasteiger partial charge in [-0.15, -0.1) is 0 Å². The molecule has 2 N–H and O–H groups in total. The predicted octanol–water partition coefficient (Wildman–Crippen LogP) is -0.228. The highest BCUT2D eigenvalue weighted by Gasteiger charge is 2.28. The van der Waals surface area contributed by atoms with Crippen LogP contribution in [0.15, 0.2) is 34.3 Å². The fourth-order valence-electron chi connectivity index (χ4n) is 1.66. The number of nitrogens with zero attached hydrogens (tertiary/aromatic N) is 2. The standard InChI is InChI=1S/C11H11N3O5S/c1-12-11(16)9-6-10(15)14(13-9)7-2-4-8(5-3-7)20(17,18)19/h2-5H,6H2,1H3,(H,12,16)(H,17,18,19). The van der Waals surface area contributed by atoms with Gasteiger partial charge in [0.2, 0.25) is 0 Å². The van der Waals surface area contributed by atoms with E-state index in [-0.39, 0.29) is 17.0 Å². The Hall–Kier alpha value is -2.26. The summed E-state index contributed by atoms with van der Waals surface area (Å²) in [5.41, 5.74) is 0.387. The zero-order valence-corrected chi connectivity index (χ0v) is 11.2. The van der Waals surface area contributed by atoms with Crippen LogP contribution in [-0.4, -0.2) is 37.5 Å². The topological polar surface area (TPSA) is 116 Å². The highest BCUT2D eigenvalue weighted by Crippen LogP contribution is 2.22. The van der Waals surface area contributed by atoms with Gasteiger partial charge in [-0.3, -0.25) is 14.1 Å². The molecule has 1 heterocycles. The number of hydrazone groups is 1. The van der Waals surface area contributed by atoms with Crippen molar-refractivity contribution in [1.29, 1.82) is 0 Å².